The van der Waals surface area contributed by atoms with Crippen LogP contribution in [0.2, 0.25) is 10.0 Å². The van der Waals surface area contributed by atoms with E-state index in [0.29, 0.717) is 36.6 Å². The van der Waals surface area contributed by atoms with Crippen molar-refractivity contribution in [2.75, 3.05) is 23.7 Å². The lowest BCUT2D eigenvalue weighted by atomic mass is 9.85. The summed E-state index contributed by atoms with van der Waals surface area (Å²) < 4.78 is 14.0. The quantitative estimate of drug-likeness (QED) is 0.648. The SMILES string of the molecule is CC(C(=O)Nc1cccc(Cl)c1F)C1CCN(C(=O)Nc2ccc(Cl)cc2)CC1. The van der Waals surface area contributed by atoms with Crippen LogP contribution in [0.4, 0.5) is 20.6 Å². The molecule has 0 radical (unpaired) electrons. The van der Waals surface area contributed by atoms with Gasteiger partial charge in [0.15, 0.2) is 5.82 Å². The Hall–Kier alpha value is -2.31. The Morgan fingerprint density at radius 1 is 1.07 bits per heavy atom. The number of carbonyl (C=O) groups excluding carboxylic acids is 2. The normalized spacial score (nSPS) is 15.7. The fraction of sp³-hybridized carbons (Fsp3) is 0.333. The van der Waals surface area contributed by atoms with Crippen molar-refractivity contribution in [1.29, 1.82) is 0 Å². The largest absolute Gasteiger partial charge is 0.325 e. The average molecular weight is 438 g/mol. The Balaban J connectivity index is 1.51. The van der Waals surface area contributed by atoms with E-state index in [1.165, 1.54) is 12.1 Å². The first-order valence-electron chi connectivity index (χ1n) is 9.41. The molecule has 2 aromatic carbocycles. The van der Waals surface area contributed by atoms with Crippen molar-refractivity contribution in [2.45, 2.75) is 19.8 Å². The molecule has 8 heteroatoms. The summed E-state index contributed by atoms with van der Waals surface area (Å²) in [7, 11) is 0. The molecule has 3 amide bonds. The first-order valence-corrected chi connectivity index (χ1v) is 10.2. The van der Waals surface area contributed by atoms with Gasteiger partial charge in [-0.25, -0.2) is 9.18 Å². The van der Waals surface area contributed by atoms with E-state index in [4.69, 9.17) is 23.2 Å². The van der Waals surface area contributed by atoms with Crippen LogP contribution < -0.4 is 10.6 Å². The number of anilines is 2. The van der Waals surface area contributed by atoms with Crippen LogP contribution >= 0.6 is 23.2 Å². The first kappa shape index (κ1) is 21.4. The monoisotopic (exact) mass is 437 g/mol. The van der Waals surface area contributed by atoms with Crippen LogP contribution in [-0.2, 0) is 4.79 Å². The second kappa shape index (κ2) is 9.46. The van der Waals surface area contributed by atoms with Gasteiger partial charge in [-0.05, 0) is 55.2 Å². The van der Waals surface area contributed by atoms with Crippen molar-refractivity contribution in [1.82, 2.24) is 4.90 Å². The summed E-state index contributed by atoms with van der Waals surface area (Å²) in [6.45, 7) is 2.92. The molecule has 1 aliphatic rings. The number of carbonyl (C=O) groups is 2. The molecule has 1 saturated heterocycles. The van der Waals surface area contributed by atoms with E-state index in [1.54, 1.807) is 35.2 Å². The molecule has 1 atom stereocenters. The van der Waals surface area contributed by atoms with Gasteiger partial charge >= 0.3 is 6.03 Å². The highest BCUT2D eigenvalue weighted by Gasteiger charge is 2.30. The molecule has 1 heterocycles. The molecule has 0 aliphatic carbocycles. The highest BCUT2D eigenvalue weighted by atomic mass is 35.5. The van der Waals surface area contributed by atoms with Crippen molar-refractivity contribution in [3.8, 4) is 0 Å². The van der Waals surface area contributed by atoms with Gasteiger partial charge in [0.05, 0.1) is 10.7 Å². The van der Waals surface area contributed by atoms with Crippen molar-refractivity contribution in [2.24, 2.45) is 11.8 Å². The van der Waals surface area contributed by atoms with E-state index in [9.17, 15) is 14.0 Å². The van der Waals surface area contributed by atoms with E-state index in [0.717, 1.165) is 0 Å². The maximum atomic E-state index is 14.0. The minimum atomic E-state index is -0.636. The highest BCUT2D eigenvalue weighted by Crippen LogP contribution is 2.28. The number of nitrogens with zero attached hydrogens (tertiary/aromatic N) is 1. The summed E-state index contributed by atoms with van der Waals surface area (Å²) in [4.78, 5) is 26.7. The molecular formula is C21H22Cl2FN3O2. The van der Waals surface area contributed by atoms with Crippen LogP contribution in [0.1, 0.15) is 19.8 Å². The topological polar surface area (TPSA) is 61.4 Å². The lowest BCUT2D eigenvalue weighted by Crippen LogP contribution is -2.43. The fourth-order valence-electron chi connectivity index (χ4n) is 3.40. The van der Waals surface area contributed by atoms with E-state index in [-0.39, 0.29) is 34.5 Å². The molecule has 29 heavy (non-hydrogen) atoms. The second-order valence-corrected chi connectivity index (χ2v) is 7.98. The van der Waals surface area contributed by atoms with Crippen LogP contribution in [0, 0.1) is 17.7 Å². The number of hydrogen-bond acceptors (Lipinski definition) is 2. The lowest BCUT2D eigenvalue weighted by Gasteiger charge is -2.34. The van der Waals surface area contributed by atoms with Crippen LogP contribution in [0.25, 0.3) is 0 Å². The summed E-state index contributed by atoms with van der Waals surface area (Å²) in [5.41, 5.74) is 0.756. The molecule has 0 spiro atoms. The van der Waals surface area contributed by atoms with Crippen LogP contribution in [-0.4, -0.2) is 29.9 Å². The number of benzene rings is 2. The predicted octanol–water partition coefficient (Wildman–Crippen LogP) is 5.65. The van der Waals surface area contributed by atoms with Gasteiger partial charge in [0.25, 0.3) is 0 Å². The molecule has 2 N–H and O–H groups in total. The lowest BCUT2D eigenvalue weighted by molar-refractivity contribution is -0.121. The maximum absolute atomic E-state index is 14.0. The highest BCUT2D eigenvalue weighted by molar-refractivity contribution is 6.31. The minimum Gasteiger partial charge on any atom is -0.325 e. The number of urea groups is 1. The summed E-state index contributed by atoms with van der Waals surface area (Å²) in [6, 6.07) is 11.2. The van der Waals surface area contributed by atoms with Gasteiger partial charge < -0.3 is 15.5 Å². The number of piperidine rings is 1. The van der Waals surface area contributed by atoms with Gasteiger partial charge in [0.2, 0.25) is 5.91 Å². The molecule has 1 aliphatic heterocycles. The van der Waals surface area contributed by atoms with E-state index in [2.05, 4.69) is 10.6 Å². The minimum absolute atomic E-state index is 0.0320. The van der Waals surface area contributed by atoms with E-state index in [1.807, 2.05) is 6.92 Å². The Bertz CT molecular complexity index is 884. The van der Waals surface area contributed by atoms with Crippen LogP contribution in [0.5, 0.6) is 0 Å². The van der Waals surface area contributed by atoms with E-state index < -0.39 is 5.82 Å². The molecular weight excluding hydrogens is 416 g/mol. The number of amides is 3. The Kier molecular flexibility index (Phi) is 6.98. The van der Waals surface area contributed by atoms with Crippen molar-refractivity contribution in [3.05, 3.63) is 58.3 Å². The maximum Gasteiger partial charge on any atom is 0.321 e. The number of hydrogen-bond donors (Lipinski definition) is 2. The van der Waals surface area contributed by atoms with E-state index >= 15 is 0 Å². The third-order valence-corrected chi connectivity index (χ3v) is 5.80. The zero-order valence-corrected chi connectivity index (χ0v) is 17.4. The molecule has 0 saturated carbocycles. The van der Waals surface area contributed by atoms with Crippen LogP contribution in [0.3, 0.4) is 0 Å². The van der Waals surface area contributed by atoms with Gasteiger partial charge in [-0.15, -0.1) is 0 Å². The van der Waals surface area contributed by atoms with Gasteiger partial charge in [-0.3, -0.25) is 4.79 Å². The summed E-state index contributed by atoms with van der Waals surface area (Å²) in [5.74, 6) is -1.09. The number of likely N-dealkylation sites (tertiary alicyclic amines) is 1. The summed E-state index contributed by atoms with van der Waals surface area (Å²) >= 11 is 11.6. The molecule has 154 valence electrons. The molecule has 5 nitrogen and oxygen atoms in total. The van der Waals surface area contributed by atoms with Crippen LogP contribution in [0.15, 0.2) is 42.5 Å². The zero-order valence-electron chi connectivity index (χ0n) is 15.9. The first-order chi connectivity index (χ1) is 13.8. The summed E-state index contributed by atoms with van der Waals surface area (Å²) in [6.07, 6.45) is 1.39. The Morgan fingerprint density at radius 3 is 2.38 bits per heavy atom. The van der Waals surface area contributed by atoms with Crippen molar-refractivity contribution >= 4 is 46.5 Å². The average Bonchev–Trinajstić information content (AvgIpc) is 2.72. The fourth-order valence-corrected chi connectivity index (χ4v) is 3.70. The standard InChI is InChI=1S/C21H22Cl2FN3O2/c1-13(20(28)26-18-4-2-3-17(23)19(18)24)14-9-11-27(12-10-14)21(29)25-16-7-5-15(22)6-8-16/h2-8,13-14H,9-12H2,1H3,(H,25,29)(H,26,28). The molecule has 1 fully saturated rings. The summed E-state index contributed by atoms with van der Waals surface area (Å²) in [5, 5.41) is 6.04. The Labute approximate surface area is 179 Å². The molecule has 2 aromatic rings. The van der Waals surface area contributed by atoms with Gasteiger partial charge in [0.1, 0.15) is 0 Å². The van der Waals surface area contributed by atoms with Gasteiger partial charge in [-0.1, -0.05) is 36.2 Å². The predicted molar refractivity (Wildman–Crippen MR) is 114 cm³/mol. The van der Waals surface area contributed by atoms with Gasteiger partial charge in [0, 0.05) is 29.7 Å². The smallest absolute Gasteiger partial charge is 0.321 e. The molecule has 3 rings (SSSR count). The third-order valence-electron chi connectivity index (χ3n) is 5.25. The second-order valence-electron chi connectivity index (χ2n) is 7.14. The number of nitrogens with one attached hydrogen (secondary N) is 2. The van der Waals surface area contributed by atoms with Crippen molar-refractivity contribution < 1.29 is 14.0 Å². The third kappa shape index (κ3) is 5.40. The molecule has 0 bridgehead atoms. The molecule has 0 aromatic heterocycles. The molecule has 1 unspecified atom stereocenters. The number of halogens is 3. The Morgan fingerprint density at radius 2 is 1.72 bits per heavy atom. The number of rotatable bonds is 4. The zero-order chi connectivity index (χ0) is 21.0. The van der Waals surface area contributed by atoms with Gasteiger partial charge in [-0.2, -0.15) is 0 Å². The van der Waals surface area contributed by atoms with Crippen molar-refractivity contribution in [3.63, 3.8) is 0 Å².